The van der Waals surface area contributed by atoms with E-state index < -0.39 is 11.9 Å². The van der Waals surface area contributed by atoms with Crippen molar-refractivity contribution < 1.29 is 66.9 Å². The number of allylic oxidation sites excluding steroid dienone is 3. The summed E-state index contributed by atoms with van der Waals surface area (Å²) < 4.78 is 21.2. The Balaban J connectivity index is 0.000000167. The summed E-state index contributed by atoms with van der Waals surface area (Å²) in [5.74, 6) is -0.932. The van der Waals surface area contributed by atoms with Crippen LogP contribution in [0, 0.1) is 0 Å². The van der Waals surface area contributed by atoms with Crippen LogP contribution in [0.2, 0.25) is 0 Å². The Hall–Kier alpha value is -13.0. The first kappa shape index (κ1) is 77.2. The fraction of sp³-hybridized carbons (Fsp3) is 0.182. The molecule has 0 heterocycles. The van der Waals surface area contributed by atoms with Crippen molar-refractivity contribution in [2.24, 2.45) is 0 Å². The van der Waals surface area contributed by atoms with Gasteiger partial charge in [-0.15, -0.1) is 0 Å². The van der Waals surface area contributed by atoms with Gasteiger partial charge in [0.15, 0.2) is 46.3 Å². The average molecular weight is 1420 g/mol. The van der Waals surface area contributed by atoms with Crippen LogP contribution in [0.5, 0.6) is 0 Å². The summed E-state index contributed by atoms with van der Waals surface area (Å²) >= 11 is 0. The van der Waals surface area contributed by atoms with Gasteiger partial charge in [-0.25, -0.2) is 9.59 Å². The van der Waals surface area contributed by atoms with Crippen molar-refractivity contribution in [3.8, 4) is 0 Å². The second kappa shape index (κ2) is 35.3. The van der Waals surface area contributed by atoms with Crippen LogP contribution in [0.4, 0.5) is 22.7 Å². The molecule has 4 aliphatic carbocycles. The first-order chi connectivity index (χ1) is 50.8. The van der Waals surface area contributed by atoms with Crippen molar-refractivity contribution in [3.63, 3.8) is 0 Å². The zero-order valence-corrected chi connectivity index (χ0v) is 60.0. The Morgan fingerprint density at radius 3 is 0.849 bits per heavy atom. The molecular formula is C88H82N4O14. The molecule has 0 atom stereocenters. The van der Waals surface area contributed by atoms with Gasteiger partial charge >= 0.3 is 11.9 Å². The summed E-state index contributed by atoms with van der Waals surface area (Å²) in [6.07, 6.45) is 1.94. The number of carbonyl (C=O) groups is 10. The standard InChI is InChI=1S/C29H32N2O5.C22H21NO3.C20H17NO4.C17H12O2/c1-18(2)20(5)35-16-8-14-30-23-12-6-10-21-25(23)28(33)26-22(27(21)32)11-7-13-24(26)31-15-9-17-36-29(34)19(3)4;1-14(2)15(3)26-13-7-12-23-19-11-6-10-18-20(19)22(25)17-9-5-4-8-16(17)21(18)24;1-12(2)20(24)25-11-10-21-16-9-5-8-15-17(16)19(23)14-7-4-3-6-13(14)18(15)22;1-10(2)11-8-5-9-14-15(11)17(19)13-7-4-3-6-12(13)16(14)18/h6-7,10-13,30-31H,1,3,5,8-9,14-17H2,2,4H3;4-6,8-11,23H,1,3,7,12-13H2,2H3;3-9,21H,1,10-11H2,2H3;3-9H,1H2,2H3. The molecule has 8 aromatic rings. The number of benzene rings is 8. The molecule has 0 aromatic heterocycles. The molecule has 18 nitrogen and oxygen atoms in total. The number of carbonyl (C=O) groups excluding carboxylic acids is 10. The maximum absolute atomic E-state index is 13.6. The van der Waals surface area contributed by atoms with Gasteiger partial charge in [0, 0.05) is 127 Å². The molecule has 0 aliphatic heterocycles. The number of ether oxygens (including phenoxy) is 4. The molecule has 0 saturated carbocycles. The van der Waals surface area contributed by atoms with E-state index in [-0.39, 0.29) is 59.5 Å². The van der Waals surface area contributed by atoms with Crippen LogP contribution >= 0.6 is 0 Å². The quantitative estimate of drug-likeness (QED) is 0.0129. The molecule has 0 saturated heterocycles. The number of esters is 2. The maximum atomic E-state index is 13.6. The van der Waals surface area contributed by atoms with Gasteiger partial charge in [-0.3, -0.25) is 38.4 Å². The summed E-state index contributed by atoms with van der Waals surface area (Å²) in [5.41, 5.74) is 13.0. The zero-order chi connectivity index (χ0) is 76.5. The third kappa shape index (κ3) is 17.6. The van der Waals surface area contributed by atoms with Crippen LogP contribution in [0.15, 0.2) is 244 Å². The largest absolute Gasteiger partial charge is 0.494 e. The Bertz CT molecular complexity index is 4920. The van der Waals surface area contributed by atoms with Gasteiger partial charge in [0.05, 0.1) is 42.1 Å². The summed E-state index contributed by atoms with van der Waals surface area (Å²) in [4.78, 5) is 126. The molecule has 4 N–H and O–H groups in total. The third-order valence-corrected chi connectivity index (χ3v) is 17.4. The summed E-state index contributed by atoms with van der Waals surface area (Å²) in [6, 6.07) is 46.9. The average Bonchev–Trinajstić information content (AvgIpc) is 0.771. The lowest BCUT2D eigenvalue weighted by molar-refractivity contribution is -0.139. The number of anilines is 4. The molecule has 0 amide bonds. The molecule has 8 aromatic carbocycles. The molecule has 0 fully saturated rings. The van der Waals surface area contributed by atoms with E-state index in [9.17, 15) is 47.9 Å². The smallest absolute Gasteiger partial charge is 0.333 e. The molecule has 0 radical (unpaired) electrons. The number of ketones is 8. The summed E-state index contributed by atoms with van der Waals surface area (Å²) in [5, 5.41) is 12.8. The van der Waals surface area contributed by atoms with Gasteiger partial charge in [-0.1, -0.05) is 191 Å². The van der Waals surface area contributed by atoms with Gasteiger partial charge in [0.2, 0.25) is 0 Å². The van der Waals surface area contributed by atoms with Gasteiger partial charge in [-0.05, 0) is 94.9 Å². The van der Waals surface area contributed by atoms with Crippen LogP contribution in [0.1, 0.15) is 187 Å². The topological polar surface area (TPSA) is 256 Å². The van der Waals surface area contributed by atoms with Crippen molar-refractivity contribution in [1.82, 2.24) is 0 Å². The molecule has 4 aliphatic rings. The predicted molar refractivity (Wildman–Crippen MR) is 413 cm³/mol. The van der Waals surface area contributed by atoms with E-state index in [0.29, 0.717) is 187 Å². The maximum Gasteiger partial charge on any atom is 0.333 e. The second-order valence-electron chi connectivity index (χ2n) is 25.4. The molecule has 0 unspecified atom stereocenters. The summed E-state index contributed by atoms with van der Waals surface area (Å²) in [6.45, 7) is 38.1. The van der Waals surface area contributed by atoms with E-state index in [0.717, 1.165) is 28.7 Å². The van der Waals surface area contributed by atoms with Crippen molar-refractivity contribution >= 4 is 86.5 Å². The van der Waals surface area contributed by atoms with Crippen molar-refractivity contribution in [1.29, 1.82) is 0 Å². The van der Waals surface area contributed by atoms with Gasteiger partial charge in [-0.2, -0.15) is 0 Å². The van der Waals surface area contributed by atoms with Crippen molar-refractivity contribution in [2.75, 3.05) is 73.9 Å². The van der Waals surface area contributed by atoms with E-state index in [2.05, 4.69) is 67.3 Å². The minimum Gasteiger partial charge on any atom is -0.494 e. The minimum absolute atomic E-state index is 0.0895. The molecule has 106 heavy (non-hydrogen) atoms. The highest BCUT2D eigenvalue weighted by molar-refractivity contribution is 6.33. The lowest BCUT2D eigenvalue weighted by Gasteiger charge is -2.23. The van der Waals surface area contributed by atoms with Gasteiger partial charge in [0.25, 0.3) is 0 Å². The molecule has 0 spiro atoms. The number of hydrogen-bond acceptors (Lipinski definition) is 18. The Labute approximate surface area is 616 Å². The van der Waals surface area contributed by atoms with Crippen LogP contribution in [0.3, 0.4) is 0 Å². The molecule has 18 heteroatoms. The third-order valence-electron chi connectivity index (χ3n) is 17.4. The zero-order valence-electron chi connectivity index (χ0n) is 60.0. The number of rotatable bonds is 26. The van der Waals surface area contributed by atoms with Crippen LogP contribution in [-0.4, -0.2) is 111 Å². The highest BCUT2D eigenvalue weighted by Crippen LogP contribution is 2.38. The Kier molecular flexibility index (Phi) is 25.7. The SMILES string of the molecule is C=C(C)C(=C)OCCCNc1cccc2c1C(=O)c1c(NCCCOC(=O)C(=C)C)cccc1C2=O.C=C(C)C(=C)OCCCNc1cccc2c1C(=O)c1ccccc1C2=O.C=C(C)C(=O)OCCNc1cccc2c1C(=O)c1ccccc1C2=O.C=C(C)c1cccc2c1C(=O)c1ccccc1C2=O. The number of nitrogens with one attached hydrogen (secondary N) is 4. The lowest BCUT2D eigenvalue weighted by Crippen LogP contribution is -2.24. The highest BCUT2D eigenvalue weighted by Gasteiger charge is 2.36. The lowest BCUT2D eigenvalue weighted by atomic mass is 9.81. The van der Waals surface area contributed by atoms with Crippen molar-refractivity contribution in [3.05, 3.63) is 338 Å². The minimum atomic E-state index is -0.461. The fourth-order valence-corrected chi connectivity index (χ4v) is 11.9. The van der Waals surface area contributed by atoms with E-state index >= 15 is 0 Å². The van der Waals surface area contributed by atoms with E-state index in [4.69, 9.17) is 18.9 Å². The molecule has 538 valence electrons. The van der Waals surface area contributed by atoms with E-state index in [1.807, 2.05) is 32.9 Å². The van der Waals surface area contributed by atoms with Crippen molar-refractivity contribution in [2.45, 2.75) is 53.9 Å². The Morgan fingerprint density at radius 2 is 0.528 bits per heavy atom. The summed E-state index contributed by atoms with van der Waals surface area (Å²) in [7, 11) is 0. The van der Waals surface area contributed by atoms with E-state index in [1.165, 1.54) is 0 Å². The molecular weight excluding hydrogens is 1340 g/mol. The van der Waals surface area contributed by atoms with Crippen LogP contribution in [-0.2, 0) is 28.5 Å². The fourth-order valence-electron chi connectivity index (χ4n) is 11.9. The van der Waals surface area contributed by atoms with E-state index in [1.54, 1.807) is 166 Å². The molecule has 0 bridgehead atoms. The number of fused-ring (bicyclic) bond motifs is 8. The number of hydrogen-bond donors (Lipinski definition) is 4. The van der Waals surface area contributed by atoms with Crippen LogP contribution in [0.25, 0.3) is 5.57 Å². The van der Waals surface area contributed by atoms with Gasteiger partial charge in [0.1, 0.15) is 18.1 Å². The van der Waals surface area contributed by atoms with Crippen LogP contribution < -0.4 is 21.3 Å². The molecule has 12 rings (SSSR count). The Morgan fingerprint density at radius 1 is 0.274 bits per heavy atom. The predicted octanol–water partition coefficient (Wildman–Crippen LogP) is 16.2. The normalized spacial score (nSPS) is 12.2. The first-order valence-electron chi connectivity index (χ1n) is 34.4. The monoisotopic (exact) mass is 1420 g/mol. The first-order valence-corrected chi connectivity index (χ1v) is 34.4. The highest BCUT2D eigenvalue weighted by atomic mass is 16.5. The van der Waals surface area contributed by atoms with Gasteiger partial charge < -0.3 is 40.2 Å². The second-order valence-corrected chi connectivity index (χ2v) is 25.4.